The number of carbonyl (C=O) groups excluding carboxylic acids is 2. The summed E-state index contributed by atoms with van der Waals surface area (Å²) in [6.07, 6.45) is 0.842. The van der Waals surface area contributed by atoms with E-state index in [0.29, 0.717) is 28.2 Å². The van der Waals surface area contributed by atoms with Crippen molar-refractivity contribution >= 4 is 46.0 Å². The Morgan fingerprint density at radius 3 is 2.73 bits per heavy atom. The summed E-state index contributed by atoms with van der Waals surface area (Å²) in [5.41, 5.74) is 2.11. The van der Waals surface area contributed by atoms with Gasteiger partial charge in [-0.2, -0.15) is 0 Å². The van der Waals surface area contributed by atoms with E-state index in [0.717, 1.165) is 17.7 Å². The molecule has 0 aliphatic carbocycles. The molecule has 1 N–H and O–H groups in total. The van der Waals surface area contributed by atoms with Crippen molar-refractivity contribution in [2.45, 2.75) is 26.3 Å². The van der Waals surface area contributed by atoms with Gasteiger partial charge in [0, 0.05) is 11.6 Å². The van der Waals surface area contributed by atoms with Crippen LogP contribution in [-0.2, 0) is 9.59 Å². The summed E-state index contributed by atoms with van der Waals surface area (Å²) in [4.78, 5) is 36.9. The highest BCUT2D eigenvalue weighted by atomic mass is 32.2. The van der Waals surface area contributed by atoms with Gasteiger partial charge in [0.1, 0.15) is 23.4 Å². The quantitative estimate of drug-likeness (QED) is 0.664. The number of nitrogens with one attached hydrogen (secondary N) is 1. The van der Waals surface area contributed by atoms with Crippen LogP contribution in [0.4, 0.5) is 11.4 Å². The molecule has 0 saturated carbocycles. The molecule has 2 heterocycles. The van der Waals surface area contributed by atoms with Crippen LogP contribution in [0.15, 0.2) is 52.4 Å². The Bertz CT molecular complexity index is 1150. The van der Waals surface area contributed by atoms with Crippen LogP contribution in [0, 0.1) is 5.92 Å². The number of carbonyl (C=O) groups is 2. The number of anilines is 1. The number of rotatable bonds is 7. The SMILES string of the molecule is CC[C@H](C)[C@@H]1N=C2c3ccccc3N=C(SCC(=O)Nc3ccc(OC)cc3OC)N2C1=O. The number of amidine groups is 2. The van der Waals surface area contributed by atoms with E-state index < -0.39 is 6.04 Å². The van der Waals surface area contributed by atoms with Crippen molar-refractivity contribution in [3.05, 3.63) is 48.0 Å². The molecule has 0 bridgehead atoms. The van der Waals surface area contributed by atoms with Gasteiger partial charge in [0.05, 0.1) is 31.3 Å². The topological polar surface area (TPSA) is 92.6 Å². The largest absolute Gasteiger partial charge is 0.497 e. The van der Waals surface area contributed by atoms with Crippen LogP contribution in [-0.4, -0.2) is 53.7 Å². The molecule has 2 aromatic carbocycles. The molecule has 2 amide bonds. The van der Waals surface area contributed by atoms with Gasteiger partial charge in [0.15, 0.2) is 5.17 Å². The second kappa shape index (κ2) is 9.66. The highest BCUT2D eigenvalue weighted by Gasteiger charge is 2.43. The normalized spacial score (nSPS) is 17.5. The molecule has 2 aromatic rings. The number of methoxy groups -OCH3 is 2. The summed E-state index contributed by atoms with van der Waals surface area (Å²) in [6.45, 7) is 4.07. The number of para-hydroxylation sites is 1. The van der Waals surface area contributed by atoms with Gasteiger partial charge in [0.2, 0.25) is 5.91 Å². The third kappa shape index (κ3) is 4.45. The summed E-state index contributed by atoms with van der Waals surface area (Å²) in [5, 5.41) is 3.31. The minimum Gasteiger partial charge on any atom is -0.497 e. The highest BCUT2D eigenvalue weighted by molar-refractivity contribution is 8.14. The maximum absolute atomic E-state index is 13.2. The lowest BCUT2D eigenvalue weighted by molar-refractivity contribution is -0.125. The zero-order valence-corrected chi connectivity index (χ0v) is 19.8. The Morgan fingerprint density at radius 1 is 1.21 bits per heavy atom. The van der Waals surface area contributed by atoms with Crippen molar-refractivity contribution in [2.24, 2.45) is 15.9 Å². The standard InChI is InChI=1S/C24H26N4O4S/c1-5-14(2)21-23(30)28-22(27-21)16-8-6-7-9-17(16)26-24(28)33-13-20(29)25-18-11-10-15(31-3)12-19(18)32-4/h6-12,14,21H,5,13H2,1-4H3,(H,25,29)/t14-,21-/m0/s1. The van der Waals surface area contributed by atoms with E-state index in [-0.39, 0.29) is 23.5 Å². The highest BCUT2D eigenvalue weighted by Crippen LogP contribution is 2.35. The zero-order chi connectivity index (χ0) is 23.5. The van der Waals surface area contributed by atoms with E-state index in [2.05, 4.69) is 10.3 Å². The first kappa shape index (κ1) is 22.8. The zero-order valence-electron chi connectivity index (χ0n) is 19.0. The fraction of sp³-hybridized carbons (Fsp3) is 0.333. The van der Waals surface area contributed by atoms with Gasteiger partial charge >= 0.3 is 0 Å². The number of thioether (sulfide) groups is 1. The molecule has 2 atom stereocenters. The minimum absolute atomic E-state index is 0.0707. The van der Waals surface area contributed by atoms with Crippen molar-refractivity contribution in [1.82, 2.24) is 4.90 Å². The number of ether oxygens (including phenoxy) is 2. The van der Waals surface area contributed by atoms with Gasteiger partial charge in [-0.1, -0.05) is 44.2 Å². The monoisotopic (exact) mass is 466 g/mol. The van der Waals surface area contributed by atoms with Crippen LogP contribution in [0.1, 0.15) is 25.8 Å². The first-order chi connectivity index (χ1) is 16.0. The van der Waals surface area contributed by atoms with Crippen LogP contribution < -0.4 is 14.8 Å². The average Bonchev–Trinajstić information content (AvgIpc) is 3.20. The van der Waals surface area contributed by atoms with E-state index in [1.54, 1.807) is 30.2 Å². The maximum atomic E-state index is 13.2. The number of nitrogens with zero attached hydrogens (tertiary/aromatic N) is 3. The average molecular weight is 467 g/mol. The first-order valence-corrected chi connectivity index (χ1v) is 11.7. The van der Waals surface area contributed by atoms with Crippen LogP contribution >= 0.6 is 11.8 Å². The molecular weight excluding hydrogens is 440 g/mol. The second-order valence-electron chi connectivity index (χ2n) is 7.77. The summed E-state index contributed by atoms with van der Waals surface area (Å²) >= 11 is 1.21. The Labute approximate surface area is 197 Å². The molecule has 0 saturated heterocycles. The van der Waals surface area contributed by atoms with Crippen LogP contribution in [0.25, 0.3) is 0 Å². The molecule has 2 aliphatic heterocycles. The first-order valence-electron chi connectivity index (χ1n) is 10.7. The van der Waals surface area contributed by atoms with Gasteiger partial charge in [-0.05, 0) is 30.2 Å². The number of fused-ring (bicyclic) bond motifs is 3. The van der Waals surface area contributed by atoms with E-state index in [9.17, 15) is 9.59 Å². The summed E-state index contributed by atoms with van der Waals surface area (Å²) in [6, 6.07) is 12.3. The molecule has 0 radical (unpaired) electrons. The van der Waals surface area contributed by atoms with Gasteiger partial charge in [-0.3, -0.25) is 14.6 Å². The summed E-state index contributed by atoms with van der Waals surface area (Å²) in [7, 11) is 3.09. The molecule has 9 heteroatoms. The summed E-state index contributed by atoms with van der Waals surface area (Å²) in [5.74, 6) is 1.57. The van der Waals surface area contributed by atoms with Crippen LogP contribution in [0.2, 0.25) is 0 Å². The lowest BCUT2D eigenvalue weighted by Gasteiger charge is -2.25. The fourth-order valence-corrected chi connectivity index (χ4v) is 4.48. The second-order valence-corrected chi connectivity index (χ2v) is 8.71. The fourth-order valence-electron chi connectivity index (χ4n) is 3.68. The Kier molecular flexibility index (Phi) is 6.69. The van der Waals surface area contributed by atoms with Crippen molar-refractivity contribution in [1.29, 1.82) is 0 Å². The maximum Gasteiger partial charge on any atom is 0.259 e. The number of hydrogen-bond acceptors (Lipinski definition) is 7. The number of amides is 2. The third-order valence-corrected chi connectivity index (χ3v) is 6.64. The predicted molar refractivity (Wildman–Crippen MR) is 131 cm³/mol. The molecule has 0 fully saturated rings. The van der Waals surface area contributed by atoms with Gasteiger partial charge < -0.3 is 14.8 Å². The molecule has 4 rings (SSSR count). The Balaban J connectivity index is 1.53. The van der Waals surface area contributed by atoms with Crippen LogP contribution in [0.3, 0.4) is 0 Å². The molecule has 172 valence electrons. The predicted octanol–water partition coefficient (Wildman–Crippen LogP) is 4.08. The van der Waals surface area contributed by atoms with Gasteiger partial charge in [-0.15, -0.1) is 0 Å². The van der Waals surface area contributed by atoms with Gasteiger partial charge in [0.25, 0.3) is 5.91 Å². The summed E-state index contributed by atoms with van der Waals surface area (Å²) < 4.78 is 10.5. The van der Waals surface area contributed by atoms with Crippen molar-refractivity contribution in [3.8, 4) is 11.5 Å². The molecular formula is C24H26N4O4S. The molecule has 0 unspecified atom stereocenters. The van der Waals surface area contributed by atoms with Crippen molar-refractivity contribution in [2.75, 3.05) is 25.3 Å². The van der Waals surface area contributed by atoms with Crippen molar-refractivity contribution in [3.63, 3.8) is 0 Å². The smallest absolute Gasteiger partial charge is 0.259 e. The molecule has 33 heavy (non-hydrogen) atoms. The van der Waals surface area contributed by atoms with E-state index in [4.69, 9.17) is 14.5 Å². The van der Waals surface area contributed by atoms with E-state index in [1.807, 2.05) is 38.1 Å². The van der Waals surface area contributed by atoms with E-state index in [1.165, 1.54) is 18.9 Å². The minimum atomic E-state index is -0.445. The Morgan fingerprint density at radius 2 is 2.00 bits per heavy atom. The number of hydrogen-bond donors (Lipinski definition) is 1. The molecule has 8 nitrogen and oxygen atoms in total. The number of aliphatic imine (C=N–C) groups is 2. The number of benzene rings is 2. The Hall–Kier alpha value is -3.33. The van der Waals surface area contributed by atoms with E-state index >= 15 is 0 Å². The molecule has 2 aliphatic rings. The molecule has 0 spiro atoms. The van der Waals surface area contributed by atoms with Crippen molar-refractivity contribution < 1.29 is 19.1 Å². The van der Waals surface area contributed by atoms with Crippen LogP contribution in [0.5, 0.6) is 11.5 Å². The lowest BCUT2D eigenvalue weighted by Crippen LogP contribution is -2.42. The molecule has 0 aromatic heterocycles. The lowest BCUT2D eigenvalue weighted by atomic mass is 10.00. The van der Waals surface area contributed by atoms with Gasteiger partial charge in [-0.25, -0.2) is 9.89 Å². The third-order valence-electron chi connectivity index (χ3n) is 5.70.